The van der Waals surface area contributed by atoms with Gasteiger partial charge >= 0.3 is 0 Å². The van der Waals surface area contributed by atoms with Gasteiger partial charge in [0.05, 0.1) is 11.2 Å². The van der Waals surface area contributed by atoms with Gasteiger partial charge in [-0.1, -0.05) is 25.6 Å². The second kappa shape index (κ2) is 9.84. The van der Waals surface area contributed by atoms with Crippen molar-refractivity contribution in [1.82, 2.24) is 29.7 Å². The number of anilines is 1. The molecule has 2 amide bonds. The van der Waals surface area contributed by atoms with Crippen molar-refractivity contribution in [3.8, 4) is 22.4 Å². The Labute approximate surface area is 203 Å². The zero-order chi connectivity index (χ0) is 23.7. The van der Waals surface area contributed by atoms with Crippen molar-refractivity contribution >= 4 is 28.7 Å². The topological polar surface area (TPSA) is 118 Å². The number of nitrogens with zero attached hydrogens (tertiary/aromatic N) is 6. The van der Waals surface area contributed by atoms with Crippen molar-refractivity contribution in [3.05, 3.63) is 66.7 Å². The first-order valence-corrected chi connectivity index (χ1v) is 11.0. The number of amides is 2. The van der Waals surface area contributed by atoms with Crippen LogP contribution in [0.25, 0.3) is 33.3 Å². The Kier molecular flexibility index (Phi) is 6.68. The zero-order valence-corrected chi connectivity index (χ0v) is 18.7. The molecular formula is C26H27N7O2. The van der Waals surface area contributed by atoms with E-state index in [1.807, 2.05) is 42.5 Å². The van der Waals surface area contributed by atoms with E-state index in [2.05, 4.69) is 19.9 Å². The molecule has 0 unspecified atom stereocenters. The molecule has 2 aromatic heterocycles. The van der Waals surface area contributed by atoms with E-state index < -0.39 is 0 Å². The van der Waals surface area contributed by atoms with E-state index in [0.29, 0.717) is 31.7 Å². The second-order valence-electron chi connectivity index (χ2n) is 8.16. The standard InChI is InChI=1S/C25H23N7O2.CH4/c1-16(33)31-7-9-32(10-8-31)24(34)19-4-2-3-18(11-19)23-21-12-17(5-6-22(21)29-15-30-23)20-13-27-25(26)28-14-20;/h2-6,11-15H,7-10H2,1H3,(H2,26,27,28);1H4. The van der Waals surface area contributed by atoms with E-state index >= 15 is 0 Å². The van der Waals surface area contributed by atoms with Crippen LogP contribution in [0.4, 0.5) is 5.95 Å². The molecule has 9 nitrogen and oxygen atoms in total. The Morgan fingerprint density at radius 3 is 2.26 bits per heavy atom. The number of nitrogen functional groups attached to an aromatic ring is 1. The lowest BCUT2D eigenvalue weighted by Crippen LogP contribution is -2.50. The fourth-order valence-electron chi connectivity index (χ4n) is 4.16. The molecule has 0 saturated carbocycles. The van der Waals surface area contributed by atoms with Crippen LogP contribution in [0.2, 0.25) is 0 Å². The van der Waals surface area contributed by atoms with Crippen LogP contribution in [0.1, 0.15) is 24.7 Å². The molecule has 2 aromatic carbocycles. The lowest BCUT2D eigenvalue weighted by atomic mass is 10.0. The van der Waals surface area contributed by atoms with Crippen LogP contribution < -0.4 is 5.73 Å². The average molecular weight is 470 g/mol. The third-order valence-corrected chi connectivity index (χ3v) is 6.04. The monoisotopic (exact) mass is 469 g/mol. The number of carbonyl (C=O) groups is 2. The molecule has 0 radical (unpaired) electrons. The minimum absolute atomic E-state index is 0. The number of fused-ring (bicyclic) bond motifs is 1. The van der Waals surface area contributed by atoms with Crippen LogP contribution >= 0.6 is 0 Å². The van der Waals surface area contributed by atoms with E-state index in [1.165, 1.54) is 6.33 Å². The fraction of sp³-hybridized carbons (Fsp3) is 0.231. The van der Waals surface area contributed by atoms with Crippen LogP contribution in [-0.2, 0) is 4.79 Å². The average Bonchev–Trinajstić information content (AvgIpc) is 2.88. The summed E-state index contributed by atoms with van der Waals surface area (Å²) in [5, 5.41) is 0.858. The lowest BCUT2D eigenvalue weighted by molar-refractivity contribution is -0.130. The van der Waals surface area contributed by atoms with E-state index in [9.17, 15) is 9.59 Å². The lowest BCUT2D eigenvalue weighted by Gasteiger charge is -2.34. The highest BCUT2D eigenvalue weighted by atomic mass is 16.2. The van der Waals surface area contributed by atoms with Gasteiger partial charge in [0.25, 0.3) is 5.91 Å². The van der Waals surface area contributed by atoms with Gasteiger partial charge in [-0.05, 0) is 29.8 Å². The van der Waals surface area contributed by atoms with Crippen molar-refractivity contribution in [3.63, 3.8) is 0 Å². The molecule has 4 aromatic rings. The molecule has 1 aliphatic rings. The van der Waals surface area contributed by atoms with Gasteiger partial charge in [0, 0.05) is 67.6 Å². The fourth-order valence-corrected chi connectivity index (χ4v) is 4.16. The molecule has 0 aliphatic carbocycles. The summed E-state index contributed by atoms with van der Waals surface area (Å²) in [6.45, 7) is 3.70. The molecule has 2 N–H and O–H groups in total. The molecule has 5 rings (SSSR count). The molecule has 0 spiro atoms. The molecule has 178 valence electrons. The first-order chi connectivity index (χ1) is 16.5. The number of benzene rings is 2. The molecule has 9 heteroatoms. The van der Waals surface area contributed by atoms with Crippen LogP contribution in [0.5, 0.6) is 0 Å². The maximum absolute atomic E-state index is 13.2. The maximum Gasteiger partial charge on any atom is 0.253 e. The van der Waals surface area contributed by atoms with Gasteiger partial charge < -0.3 is 15.5 Å². The zero-order valence-electron chi connectivity index (χ0n) is 18.7. The SMILES string of the molecule is C.CC(=O)N1CCN(C(=O)c2cccc(-c3ncnc4ccc(-c5cnc(N)nc5)cc34)c2)CC1. The number of hydrogen-bond donors (Lipinski definition) is 1. The van der Waals surface area contributed by atoms with Crippen LogP contribution in [0, 0.1) is 0 Å². The molecular weight excluding hydrogens is 442 g/mol. The predicted molar refractivity (Wildman–Crippen MR) is 135 cm³/mol. The minimum Gasteiger partial charge on any atom is -0.368 e. The molecule has 3 heterocycles. The quantitative estimate of drug-likeness (QED) is 0.489. The Morgan fingerprint density at radius 1 is 0.829 bits per heavy atom. The summed E-state index contributed by atoms with van der Waals surface area (Å²) in [6.07, 6.45) is 4.88. The van der Waals surface area contributed by atoms with Crippen LogP contribution in [0.15, 0.2) is 61.2 Å². The number of rotatable bonds is 3. The summed E-state index contributed by atoms with van der Waals surface area (Å²) in [5.74, 6) is 0.204. The summed E-state index contributed by atoms with van der Waals surface area (Å²) < 4.78 is 0. The molecule has 0 bridgehead atoms. The Hall–Kier alpha value is -4.40. The van der Waals surface area contributed by atoms with Crippen molar-refractivity contribution in [2.24, 2.45) is 0 Å². The molecule has 0 atom stereocenters. The van der Waals surface area contributed by atoms with Gasteiger partial charge in [-0.15, -0.1) is 0 Å². The maximum atomic E-state index is 13.2. The van der Waals surface area contributed by atoms with Crippen LogP contribution in [-0.4, -0.2) is 67.7 Å². The number of nitrogens with two attached hydrogens (primary N) is 1. The van der Waals surface area contributed by atoms with Crippen molar-refractivity contribution in [2.75, 3.05) is 31.9 Å². The number of aromatic nitrogens is 4. The summed E-state index contributed by atoms with van der Waals surface area (Å²) >= 11 is 0. The predicted octanol–water partition coefficient (Wildman–Crippen LogP) is 3.28. The highest BCUT2D eigenvalue weighted by Crippen LogP contribution is 2.30. The first-order valence-electron chi connectivity index (χ1n) is 11.0. The van der Waals surface area contributed by atoms with Gasteiger partial charge in [0.2, 0.25) is 11.9 Å². The Bertz CT molecular complexity index is 1380. The van der Waals surface area contributed by atoms with E-state index in [4.69, 9.17) is 5.73 Å². The normalized spacial score (nSPS) is 13.4. The summed E-state index contributed by atoms with van der Waals surface area (Å²) in [6, 6.07) is 13.3. The largest absolute Gasteiger partial charge is 0.368 e. The van der Waals surface area contributed by atoms with Gasteiger partial charge in [-0.25, -0.2) is 19.9 Å². The summed E-state index contributed by atoms with van der Waals surface area (Å²) in [5.41, 5.74) is 10.3. The molecule has 1 aliphatic heterocycles. The van der Waals surface area contributed by atoms with Gasteiger partial charge in [0.1, 0.15) is 6.33 Å². The summed E-state index contributed by atoms with van der Waals surface area (Å²) in [7, 11) is 0. The highest BCUT2D eigenvalue weighted by molar-refractivity contribution is 5.98. The smallest absolute Gasteiger partial charge is 0.253 e. The number of carbonyl (C=O) groups excluding carboxylic acids is 2. The first kappa shape index (κ1) is 23.7. The molecule has 1 fully saturated rings. The Morgan fingerprint density at radius 2 is 1.54 bits per heavy atom. The van der Waals surface area contributed by atoms with E-state index in [0.717, 1.165) is 33.3 Å². The van der Waals surface area contributed by atoms with Gasteiger partial charge in [-0.3, -0.25) is 9.59 Å². The second-order valence-corrected chi connectivity index (χ2v) is 8.16. The van der Waals surface area contributed by atoms with Gasteiger partial charge in [0.15, 0.2) is 0 Å². The molecule has 1 saturated heterocycles. The Balaban J connectivity index is 0.00000289. The van der Waals surface area contributed by atoms with Crippen LogP contribution in [0.3, 0.4) is 0 Å². The van der Waals surface area contributed by atoms with Gasteiger partial charge in [-0.2, -0.15) is 0 Å². The highest BCUT2D eigenvalue weighted by Gasteiger charge is 2.23. The minimum atomic E-state index is -0.0527. The number of hydrogen-bond acceptors (Lipinski definition) is 7. The van der Waals surface area contributed by atoms with E-state index in [-0.39, 0.29) is 25.2 Å². The summed E-state index contributed by atoms with van der Waals surface area (Å²) in [4.78, 5) is 45.4. The van der Waals surface area contributed by atoms with Crippen molar-refractivity contribution in [2.45, 2.75) is 14.4 Å². The number of piperazine rings is 1. The van der Waals surface area contributed by atoms with E-state index in [1.54, 1.807) is 29.1 Å². The third kappa shape index (κ3) is 4.79. The van der Waals surface area contributed by atoms with Crippen molar-refractivity contribution in [1.29, 1.82) is 0 Å². The third-order valence-electron chi connectivity index (χ3n) is 6.04. The molecule has 35 heavy (non-hydrogen) atoms. The van der Waals surface area contributed by atoms with Crippen molar-refractivity contribution < 1.29 is 9.59 Å².